The SMILES string of the molecule is NC(=O)c1[nH]ncc1C1CCOC1. The summed E-state index contributed by atoms with van der Waals surface area (Å²) < 4.78 is 5.22. The number of amides is 1. The van der Waals surface area contributed by atoms with Gasteiger partial charge in [0.05, 0.1) is 12.8 Å². The third kappa shape index (κ3) is 1.42. The number of nitrogens with two attached hydrogens (primary N) is 1. The van der Waals surface area contributed by atoms with E-state index in [0.29, 0.717) is 12.3 Å². The molecule has 0 saturated carbocycles. The fourth-order valence-corrected chi connectivity index (χ4v) is 1.58. The van der Waals surface area contributed by atoms with Crippen molar-refractivity contribution >= 4 is 5.91 Å². The first-order valence-corrected chi connectivity index (χ1v) is 4.20. The van der Waals surface area contributed by atoms with Gasteiger partial charge in [0.1, 0.15) is 5.69 Å². The lowest BCUT2D eigenvalue weighted by Gasteiger charge is -2.04. The topological polar surface area (TPSA) is 81.0 Å². The number of carbonyl (C=O) groups excluding carboxylic acids is 1. The van der Waals surface area contributed by atoms with Gasteiger partial charge in [-0.2, -0.15) is 5.10 Å². The van der Waals surface area contributed by atoms with Crippen LogP contribution in [0.25, 0.3) is 0 Å². The maximum atomic E-state index is 10.9. The van der Waals surface area contributed by atoms with Crippen molar-refractivity contribution in [2.45, 2.75) is 12.3 Å². The molecule has 1 saturated heterocycles. The van der Waals surface area contributed by atoms with E-state index in [1.807, 2.05) is 0 Å². The van der Waals surface area contributed by atoms with Crippen molar-refractivity contribution in [2.24, 2.45) is 5.73 Å². The third-order valence-electron chi connectivity index (χ3n) is 2.28. The number of aromatic nitrogens is 2. The third-order valence-corrected chi connectivity index (χ3v) is 2.28. The summed E-state index contributed by atoms with van der Waals surface area (Å²) in [6, 6.07) is 0. The number of aromatic amines is 1. The highest BCUT2D eigenvalue weighted by molar-refractivity contribution is 5.92. The molecule has 1 atom stereocenters. The molecule has 2 heterocycles. The molecule has 0 radical (unpaired) electrons. The van der Waals surface area contributed by atoms with Gasteiger partial charge in [-0.1, -0.05) is 0 Å². The Bertz CT molecular complexity index is 315. The number of H-pyrrole nitrogens is 1. The Morgan fingerprint density at radius 2 is 2.62 bits per heavy atom. The Morgan fingerprint density at radius 3 is 3.23 bits per heavy atom. The number of primary amides is 1. The molecule has 3 N–H and O–H groups in total. The largest absolute Gasteiger partial charge is 0.381 e. The Balaban J connectivity index is 2.28. The van der Waals surface area contributed by atoms with E-state index in [4.69, 9.17) is 10.5 Å². The molecule has 0 aliphatic carbocycles. The van der Waals surface area contributed by atoms with Crippen molar-refractivity contribution in [1.29, 1.82) is 0 Å². The quantitative estimate of drug-likeness (QED) is 0.674. The molecule has 1 fully saturated rings. The van der Waals surface area contributed by atoms with Crippen LogP contribution in [-0.4, -0.2) is 29.3 Å². The van der Waals surface area contributed by atoms with Gasteiger partial charge in [0, 0.05) is 18.1 Å². The van der Waals surface area contributed by atoms with E-state index in [1.54, 1.807) is 6.20 Å². The van der Waals surface area contributed by atoms with Crippen LogP contribution in [-0.2, 0) is 4.74 Å². The fraction of sp³-hybridized carbons (Fsp3) is 0.500. The fourth-order valence-electron chi connectivity index (χ4n) is 1.58. The molecule has 1 aromatic heterocycles. The highest BCUT2D eigenvalue weighted by Gasteiger charge is 2.23. The molecule has 0 bridgehead atoms. The second kappa shape index (κ2) is 3.18. The summed E-state index contributed by atoms with van der Waals surface area (Å²) in [6.07, 6.45) is 2.58. The van der Waals surface area contributed by atoms with Gasteiger partial charge in [0.15, 0.2) is 0 Å². The second-order valence-electron chi connectivity index (χ2n) is 3.13. The summed E-state index contributed by atoms with van der Waals surface area (Å²) in [6.45, 7) is 1.40. The van der Waals surface area contributed by atoms with E-state index < -0.39 is 5.91 Å². The summed E-state index contributed by atoms with van der Waals surface area (Å²) >= 11 is 0. The van der Waals surface area contributed by atoms with Crippen LogP contribution in [0.2, 0.25) is 0 Å². The molecule has 1 aliphatic heterocycles. The Labute approximate surface area is 75.3 Å². The first kappa shape index (κ1) is 8.25. The maximum Gasteiger partial charge on any atom is 0.267 e. The maximum absolute atomic E-state index is 10.9. The zero-order chi connectivity index (χ0) is 9.26. The zero-order valence-corrected chi connectivity index (χ0v) is 7.12. The van der Waals surface area contributed by atoms with Crippen LogP contribution < -0.4 is 5.73 Å². The van der Waals surface area contributed by atoms with Crippen LogP contribution in [0.15, 0.2) is 6.20 Å². The van der Waals surface area contributed by atoms with Crippen LogP contribution in [0.5, 0.6) is 0 Å². The summed E-state index contributed by atoms with van der Waals surface area (Å²) in [5, 5.41) is 6.41. The average molecular weight is 181 g/mol. The lowest BCUT2D eigenvalue weighted by Crippen LogP contribution is -2.15. The molecule has 0 aromatic carbocycles. The van der Waals surface area contributed by atoms with E-state index in [-0.39, 0.29) is 5.92 Å². The molecule has 13 heavy (non-hydrogen) atoms. The standard InChI is InChI=1S/C8H11N3O2/c9-8(12)7-6(3-10-11-7)5-1-2-13-4-5/h3,5H,1-2,4H2,(H2,9,12)(H,10,11). The van der Waals surface area contributed by atoms with Gasteiger partial charge in [-0.15, -0.1) is 0 Å². The highest BCUT2D eigenvalue weighted by atomic mass is 16.5. The normalized spacial score (nSPS) is 22.0. The molecule has 1 aliphatic rings. The van der Waals surface area contributed by atoms with Crippen LogP contribution >= 0.6 is 0 Å². The molecule has 5 heteroatoms. The van der Waals surface area contributed by atoms with Crippen LogP contribution in [0, 0.1) is 0 Å². The minimum absolute atomic E-state index is 0.265. The number of nitrogens with one attached hydrogen (secondary N) is 1. The van der Waals surface area contributed by atoms with Crippen molar-refractivity contribution in [3.8, 4) is 0 Å². The number of hydrogen-bond donors (Lipinski definition) is 2. The van der Waals surface area contributed by atoms with Gasteiger partial charge in [-0.3, -0.25) is 9.89 Å². The molecular weight excluding hydrogens is 170 g/mol. The van der Waals surface area contributed by atoms with E-state index in [0.717, 1.165) is 18.6 Å². The van der Waals surface area contributed by atoms with E-state index in [2.05, 4.69) is 10.2 Å². The van der Waals surface area contributed by atoms with Crippen molar-refractivity contribution in [2.75, 3.05) is 13.2 Å². The lowest BCUT2D eigenvalue weighted by molar-refractivity contribution is 0.0994. The molecule has 1 unspecified atom stereocenters. The molecule has 1 amide bonds. The van der Waals surface area contributed by atoms with Gasteiger partial charge < -0.3 is 10.5 Å². The molecule has 70 valence electrons. The van der Waals surface area contributed by atoms with E-state index in [9.17, 15) is 4.79 Å². The summed E-state index contributed by atoms with van der Waals surface area (Å²) in [5.74, 6) is -0.194. The van der Waals surface area contributed by atoms with Gasteiger partial charge in [0.25, 0.3) is 5.91 Å². The molecule has 1 aromatic rings. The molecule has 2 rings (SSSR count). The average Bonchev–Trinajstić information content (AvgIpc) is 2.74. The van der Waals surface area contributed by atoms with E-state index in [1.165, 1.54) is 0 Å². The van der Waals surface area contributed by atoms with Crippen molar-refractivity contribution < 1.29 is 9.53 Å². The second-order valence-corrected chi connectivity index (χ2v) is 3.13. The predicted molar refractivity (Wildman–Crippen MR) is 45.3 cm³/mol. The molecular formula is C8H11N3O2. The summed E-state index contributed by atoms with van der Waals surface area (Å²) in [7, 11) is 0. The first-order chi connectivity index (χ1) is 6.29. The summed E-state index contributed by atoms with van der Waals surface area (Å²) in [4.78, 5) is 10.9. The van der Waals surface area contributed by atoms with Crippen LogP contribution in [0.4, 0.5) is 0 Å². The monoisotopic (exact) mass is 181 g/mol. The Morgan fingerprint density at radius 1 is 1.77 bits per heavy atom. The lowest BCUT2D eigenvalue weighted by atomic mass is 9.99. The van der Waals surface area contributed by atoms with Crippen LogP contribution in [0.3, 0.4) is 0 Å². The van der Waals surface area contributed by atoms with Gasteiger partial charge in [0.2, 0.25) is 0 Å². The van der Waals surface area contributed by atoms with Crippen molar-refractivity contribution in [1.82, 2.24) is 10.2 Å². The van der Waals surface area contributed by atoms with E-state index >= 15 is 0 Å². The molecule has 0 spiro atoms. The van der Waals surface area contributed by atoms with Crippen molar-refractivity contribution in [3.63, 3.8) is 0 Å². The minimum Gasteiger partial charge on any atom is -0.381 e. The van der Waals surface area contributed by atoms with Gasteiger partial charge in [-0.25, -0.2) is 0 Å². The number of carbonyl (C=O) groups is 1. The predicted octanol–water partition coefficient (Wildman–Crippen LogP) is 0.0125. The smallest absolute Gasteiger partial charge is 0.267 e. The minimum atomic E-state index is -0.459. The van der Waals surface area contributed by atoms with Gasteiger partial charge in [-0.05, 0) is 6.42 Å². The van der Waals surface area contributed by atoms with Crippen molar-refractivity contribution in [3.05, 3.63) is 17.5 Å². The Kier molecular flexibility index (Phi) is 2.02. The van der Waals surface area contributed by atoms with Crippen LogP contribution in [0.1, 0.15) is 28.4 Å². The number of ether oxygens (including phenoxy) is 1. The molecule has 5 nitrogen and oxygen atoms in total. The summed E-state index contributed by atoms with van der Waals surface area (Å²) in [5.41, 5.74) is 6.47. The first-order valence-electron chi connectivity index (χ1n) is 4.20. The number of rotatable bonds is 2. The number of hydrogen-bond acceptors (Lipinski definition) is 3. The van der Waals surface area contributed by atoms with Gasteiger partial charge >= 0.3 is 0 Å². The Hall–Kier alpha value is -1.36. The zero-order valence-electron chi connectivity index (χ0n) is 7.12. The highest BCUT2D eigenvalue weighted by Crippen LogP contribution is 2.26. The number of nitrogens with zero attached hydrogens (tertiary/aromatic N) is 1.